The van der Waals surface area contributed by atoms with E-state index < -0.39 is 27.7 Å². The summed E-state index contributed by atoms with van der Waals surface area (Å²) < 4.78 is 64.8. The first-order valence-electron chi connectivity index (χ1n) is 7.43. The third-order valence-electron chi connectivity index (χ3n) is 3.37. The van der Waals surface area contributed by atoms with Crippen molar-refractivity contribution in [2.24, 2.45) is 0 Å². The molecule has 0 fully saturated rings. The molecule has 0 saturated heterocycles. The highest BCUT2D eigenvalue weighted by atomic mass is 79.9. The molecule has 144 valence electrons. The van der Waals surface area contributed by atoms with E-state index in [0.717, 1.165) is 6.07 Å². The van der Waals surface area contributed by atoms with Gasteiger partial charge in [0.1, 0.15) is 0 Å². The van der Waals surface area contributed by atoms with Crippen molar-refractivity contribution in [1.82, 2.24) is 4.72 Å². The number of hydrogen-bond acceptors (Lipinski definition) is 3. The van der Waals surface area contributed by atoms with Gasteiger partial charge in [0, 0.05) is 22.3 Å². The second kappa shape index (κ2) is 8.24. The molecule has 5 nitrogen and oxygen atoms in total. The summed E-state index contributed by atoms with van der Waals surface area (Å²) in [5.41, 5.74) is -0.871. The molecule has 0 spiro atoms. The first kappa shape index (κ1) is 21.1. The fourth-order valence-electron chi connectivity index (χ4n) is 2.06. The van der Waals surface area contributed by atoms with Crippen molar-refractivity contribution >= 4 is 37.5 Å². The van der Waals surface area contributed by atoms with Crippen LogP contribution in [0.4, 0.5) is 18.9 Å². The number of nitrogens with one attached hydrogen (secondary N) is 2. The van der Waals surface area contributed by atoms with Crippen molar-refractivity contribution < 1.29 is 26.4 Å². The largest absolute Gasteiger partial charge is 0.417 e. The number of carbonyl (C=O) groups is 1. The van der Waals surface area contributed by atoms with Gasteiger partial charge in [-0.25, -0.2) is 13.1 Å². The molecule has 0 atom stereocenters. The molecule has 0 radical (unpaired) electrons. The van der Waals surface area contributed by atoms with Crippen LogP contribution in [0.15, 0.2) is 64.5 Å². The fraction of sp³-hybridized carbons (Fsp3) is 0.118. The van der Waals surface area contributed by atoms with E-state index in [1.807, 2.05) is 0 Å². The van der Waals surface area contributed by atoms with E-state index in [2.05, 4.69) is 32.5 Å². The molecule has 2 rings (SSSR count). The number of halogens is 4. The number of sulfonamides is 1. The quantitative estimate of drug-likeness (QED) is 0.632. The van der Waals surface area contributed by atoms with Crippen LogP contribution in [0.3, 0.4) is 0 Å². The zero-order valence-corrected chi connectivity index (χ0v) is 16.1. The molecule has 0 aliphatic heterocycles. The normalized spacial score (nSPS) is 11.9. The van der Waals surface area contributed by atoms with E-state index in [0.29, 0.717) is 0 Å². The minimum atomic E-state index is -4.58. The van der Waals surface area contributed by atoms with Crippen LogP contribution in [0, 0.1) is 0 Å². The van der Waals surface area contributed by atoms with Gasteiger partial charge in [-0.3, -0.25) is 4.79 Å². The van der Waals surface area contributed by atoms with Gasteiger partial charge in [0.25, 0.3) is 5.91 Å². The molecule has 2 aromatic carbocycles. The molecule has 10 heteroatoms. The molecule has 0 aliphatic rings. The Bertz CT molecular complexity index is 958. The maximum absolute atomic E-state index is 12.9. The van der Waals surface area contributed by atoms with Crippen LogP contribution in [0.2, 0.25) is 0 Å². The lowest BCUT2D eigenvalue weighted by Crippen LogP contribution is -2.23. The zero-order valence-electron chi connectivity index (χ0n) is 13.7. The Morgan fingerprint density at radius 2 is 1.78 bits per heavy atom. The Morgan fingerprint density at radius 3 is 2.33 bits per heavy atom. The molecule has 0 bridgehead atoms. The summed E-state index contributed by atoms with van der Waals surface area (Å²) in [6.45, 7) is 3.46. The topological polar surface area (TPSA) is 75.3 Å². The van der Waals surface area contributed by atoms with Gasteiger partial charge < -0.3 is 5.32 Å². The fourth-order valence-corrected chi connectivity index (χ4v) is 3.53. The second-order valence-electron chi connectivity index (χ2n) is 5.31. The van der Waals surface area contributed by atoms with Gasteiger partial charge >= 0.3 is 6.18 Å². The molecule has 0 heterocycles. The highest BCUT2D eigenvalue weighted by Gasteiger charge is 2.33. The first-order chi connectivity index (χ1) is 12.5. The van der Waals surface area contributed by atoms with Gasteiger partial charge in [0.05, 0.1) is 10.5 Å². The SMILES string of the molecule is C=CCNS(=O)(=O)c1ccc(C(=O)Nc2ccc(Br)c(C(F)(F)F)c2)cc1. The van der Waals surface area contributed by atoms with Crippen molar-refractivity contribution in [2.75, 3.05) is 11.9 Å². The number of amides is 1. The number of benzene rings is 2. The maximum Gasteiger partial charge on any atom is 0.417 e. The van der Waals surface area contributed by atoms with Crippen molar-refractivity contribution in [1.29, 1.82) is 0 Å². The van der Waals surface area contributed by atoms with Crippen LogP contribution in [0.5, 0.6) is 0 Å². The molecule has 0 unspecified atom stereocenters. The van der Waals surface area contributed by atoms with Crippen molar-refractivity contribution in [3.63, 3.8) is 0 Å². The predicted molar refractivity (Wildman–Crippen MR) is 98.9 cm³/mol. The van der Waals surface area contributed by atoms with E-state index in [4.69, 9.17) is 0 Å². The third-order valence-corrected chi connectivity index (χ3v) is 5.51. The van der Waals surface area contributed by atoms with Crippen molar-refractivity contribution in [3.8, 4) is 0 Å². The average molecular weight is 463 g/mol. The van der Waals surface area contributed by atoms with E-state index in [-0.39, 0.29) is 27.2 Å². The lowest BCUT2D eigenvalue weighted by molar-refractivity contribution is -0.138. The summed E-state index contributed by atoms with van der Waals surface area (Å²) in [7, 11) is -3.73. The molecular weight excluding hydrogens is 449 g/mol. The summed E-state index contributed by atoms with van der Waals surface area (Å²) in [5.74, 6) is -0.673. The number of alkyl halides is 3. The van der Waals surface area contributed by atoms with Crippen LogP contribution >= 0.6 is 15.9 Å². The Morgan fingerprint density at radius 1 is 1.15 bits per heavy atom. The Balaban J connectivity index is 2.19. The van der Waals surface area contributed by atoms with Crippen LogP contribution in [-0.4, -0.2) is 20.9 Å². The Kier molecular flexibility index (Phi) is 6.45. The minimum absolute atomic E-state index is 0.0418. The van der Waals surface area contributed by atoms with E-state index in [1.165, 1.54) is 42.5 Å². The summed E-state index contributed by atoms with van der Waals surface area (Å²) in [4.78, 5) is 12.2. The minimum Gasteiger partial charge on any atom is -0.322 e. The van der Waals surface area contributed by atoms with Gasteiger partial charge in [-0.1, -0.05) is 22.0 Å². The predicted octanol–water partition coefficient (Wildman–Crippen LogP) is 4.18. The van der Waals surface area contributed by atoms with E-state index >= 15 is 0 Å². The molecule has 2 N–H and O–H groups in total. The van der Waals surface area contributed by atoms with Crippen LogP contribution in [0.1, 0.15) is 15.9 Å². The summed E-state index contributed by atoms with van der Waals surface area (Å²) >= 11 is 2.82. The van der Waals surface area contributed by atoms with Gasteiger partial charge in [0.15, 0.2) is 0 Å². The molecule has 0 aliphatic carbocycles. The van der Waals surface area contributed by atoms with Gasteiger partial charge in [-0.2, -0.15) is 13.2 Å². The molecular formula is C17H14BrF3N2O3S. The number of hydrogen-bond donors (Lipinski definition) is 2. The molecule has 2 aromatic rings. The average Bonchev–Trinajstić information content (AvgIpc) is 2.60. The Hall–Kier alpha value is -2.17. The third kappa shape index (κ3) is 5.41. The van der Waals surface area contributed by atoms with Crippen LogP contribution in [0.25, 0.3) is 0 Å². The molecule has 0 saturated carbocycles. The summed E-state index contributed by atoms with van der Waals surface area (Å²) in [5, 5.41) is 2.35. The molecule has 0 aromatic heterocycles. The smallest absolute Gasteiger partial charge is 0.322 e. The van der Waals surface area contributed by atoms with Gasteiger partial charge in [-0.05, 0) is 42.5 Å². The molecule has 1 amide bonds. The zero-order chi connectivity index (χ0) is 20.2. The standard InChI is InChI=1S/C17H14BrF3N2O3S/c1-2-9-22-27(25,26)13-6-3-11(4-7-13)16(24)23-12-5-8-15(18)14(10-12)17(19,20)21/h2-8,10,22H,1,9H2,(H,23,24). The number of carbonyl (C=O) groups excluding carboxylic acids is 1. The Labute approximate surface area is 162 Å². The lowest BCUT2D eigenvalue weighted by atomic mass is 10.1. The monoisotopic (exact) mass is 462 g/mol. The number of anilines is 1. The number of rotatable bonds is 6. The van der Waals surface area contributed by atoms with Crippen LogP contribution in [-0.2, 0) is 16.2 Å². The summed E-state index contributed by atoms with van der Waals surface area (Å²) in [6, 6.07) is 8.28. The van der Waals surface area contributed by atoms with Crippen molar-refractivity contribution in [3.05, 3.63) is 70.7 Å². The highest BCUT2D eigenvalue weighted by molar-refractivity contribution is 9.10. The van der Waals surface area contributed by atoms with E-state index in [1.54, 1.807) is 0 Å². The lowest BCUT2D eigenvalue weighted by Gasteiger charge is -2.12. The van der Waals surface area contributed by atoms with E-state index in [9.17, 15) is 26.4 Å². The van der Waals surface area contributed by atoms with Crippen molar-refractivity contribution in [2.45, 2.75) is 11.1 Å². The molecule has 27 heavy (non-hydrogen) atoms. The second-order valence-corrected chi connectivity index (χ2v) is 7.93. The van der Waals surface area contributed by atoms with Crippen LogP contribution < -0.4 is 10.0 Å². The van der Waals surface area contributed by atoms with Gasteiger partial charge in [0.2, 0.25) is 10.0 Å². The summed E-state index contributed by atoms with van der Waals surface area (Å²) in [6.07, 6.45) is -3.19. The first-order valence-corrected chi connectivity index (χ1v) is 9.71. The highest BCUT2D eigenvalue weighted by Crippen LogP contribution is 2.36. The maximum atomic E-state index is 12.9. The van der Waals surface area contributed by atoms with Gasteiger partial charge in [-0.15, -0.1) is 6.58 Å².